The van der Waals surface area contributed by atoms with Gasteiger partial charge in [0.2, 0.25) is 0 Å². The van der Waals surface area contributed by atoms with Crippen LogP contribution in [0.15, 0.2) is 46.9 Å². The van der Waals surface area contributed by atoms with E-state index in [1.807, 2.05) is 6.92 Å². The van der Waals surface area contributed by atoms with Gasteiger partial charge in [-0.3, -0.25) is 0 Å². The van der Waals surface area contributed by atoms with Gasteiger partial charge < -0.3 is 5.32 Å². The molecule has 2 rings (SSSR count). The molecule has 0 aliphatic carbocycles. The van der Waals surface area contributed by atoms with E-state index in [2.05, 4.69) is 21.2 Å². The summed E-state index contributed by atoms with van der Waals surface area (Å²) in [6.07, 6.45) is 0. The fraction of sp³-hybridized carbons (Fsp3) is 0.143. The van der Waals surface area contributed by atoms with Crippen LogP contribution in [0, 0.1) is 11.6 Å². The normalized spacial score (nSPS) is 12.2. The minimum absolute atomic E-state index is 0.102. The fourth-order valence-corrected chi connectivity index (χ4v) is 2.04. The largest absolute Gasteiger partial charge is 0.376 e. The molecule has 1 unspecified atom stereocenters. The molecule has 0 amide bonds. The van der Waals surface area contributed by atoms with E-state index in [9.17, 15) is 8.78 Å². The van der Waals surface area contributed by atoms with Crippen molar-refractivity contribution in [3.05, 3.63) is 64.1 Å². The first kappa shape index (κ1) is 13.0. The van der Waals surface area contributed by atoms with Gasteiger partial charge in [0.15, 0.2) is 0 Å². The third-order valence-corrected chi connectivity index (χ3v) is 3.16. The summed E-state index contributed by atoms with van der Waals surface area (Å²) in [6.45, 7) is 1.90. The molecule has 1 atom stereocenters. The lowest BCUT2D eigenvalue weighted by Gasteiger charge is -2.16. The van der Waals surface area contributed by atoms with Crippen LogP contribution in [0.2, 0.25) is 0 Å². The van der Waals surface area contributed by atoms with Gasteiger partial charge in [-0.1, -0.05) is 28.1 Å². The number of hydrogen-bond donors (Lipinski definition) is 1. The third-order valence-electron chi connectivity index (χ3n) is 2.67. The van der Waals surface area contributed by atoms with E-state index in [1.165, 1.54) is 18.2 Å². The molecule has 0 aliphatic heterocycles. The Kier molecular flexibility index (Phi) is 3.97. The Morgan fingerprint density at radius 1 is 1.06 bits per heavy atom. The van der Waals surface area contributed by atoms with E-state index in [0.29, 0.717) is 5.69 Å². The molecule has 18 heavy (non-hydrogen) atoms. The van der Waals surface area contributed by atoms with Crippen LogP contribution in [0.25, 0.3) is 0 Å². The molecule has 0 fully saturated rings. The molecule has 2 aromatic carbocycles. The lowest BCUT2D eigenvalue weighted by Crippen LogP contribution is -2.08. The molecular formula is C14H12BrF2N. The van der Waals surface area contributed by atoms with Crippen molar-refractivity contribution in [2.45, 2.75) is 13.0 Å². The number of rotatable bonds is 3. The monoisotopic (exact) mass is 311 g/mol. The highest BCUT2D eigenvalue weighted by Crippen LogP contribution is 2.24. The number of nitrogens with one attached hydrogen (secondary N) is 1. The van der Waals surface area contributed by atoms with Crippen LogP contribution in [0.4, 0.5) is 14.5 Å². The van der Waals surface area contributed by atoms with Gasteiger partial charge in [0.05, 0.1) is 5.69 Å². The van der Waals surface area contributed by atoms with Crippen LogP contribution in [0.3, 0.4) is 0 Å². The van der Waals surface area contributed by atoms with Crippen molar-refractivity contribution in [2.24, 2.45) is 0 Å². The Balaban J connectivity index is 2.18. The highest BCUT2D eigenvalue weighted by atomic mass is 79.9. The highest BCUT2D eigenvalue weighted by Gasteiger charge is 2.09. The molecule has 0 aromatic heterocycles. The third kappa shape index (κ3) is 3.07. The first-order chi connectivity index (χ1) is 8.56. The van der Waals surface area contributed by atoms with E-state index in [-0.39, 0.29) is 17.7 Å². The van der Waals surface area contributed by atoms with E-state index >= 15 is 0 Å². The highest BCUT2D eigenvalue weighted by molar-refractivity contribution is 9.10. The molecule has 1 N–H and O–H groups in total. The molecule has 0 saturated carbocycles. The van der Waals surface area contributed by atoms with Crippen molar-refractivity contribution in [3.63, 3.8) is 0 Å². The molecule has 0 aliphatic rings. The molecule has 0 spiro atoms. The van der Waals surface area contributed by atoms with E-state index in [0.717, 1.165) is 10.0 Å². The number of anilines is 1. The average molecular weight is 312 g/mol. The fourth-order valence-electron chi connectivity index (χ4n) is 1.68. The van der Waals surface area contributed by atoms with Crippen molar-refractivity contribution in [2.75, 3.05) is 5.32 Å². The van der Waals surface area contributed by atoms with Crippen molar-refractivity contribution in [1.29, 1.82) is 0 Å². The summed E-state index contributed by atoms with van der Waals surface area (Å²) in [4.78, 5) is 0. The maximum absolute atomic E-state index is 13.6. The zero-order valence-corrected chi connectivity index (χ0v) is 11.3. The Labute approximate surface area is 113 Å². The minimum Gasteiger partial charge on any atom is -0.376 e. The van der Waals surface area contributed by atoms with Crippen LogP contribution in [-0.2, 0) is 0 Å². The van der Waals surface area contributed by atoms with Crippen molar-refractivity contribution in [1.82, 2.24) is 0 Å². The summed E-state index contributed by atoms with van der Waals surface area (Å²) in [5.74, 6) is -0.591. The van der Waals surface area contributed by atoms with Gasteiger partial charge in [-0.25, -0.2) is 8.78 Å². The zero-order chi connectivity index (χ0) is 13.1. The van der Waals surface area contributed by atoms with Crippen molar-refractivity contribution >= 4 is 21.6 Å². The van der Waals surface area contributed by atoms with E-state index in [4.69, 9.17) is 0 Å². The van der Waals surface area contributed by atoms with E-state index in [1.54, 1.807) is 24.3 Å². The van der Waals surface area contributed by atoms with Crippen LogP contribution < -0.4 is 5.32 Å². The number of benzene rings is 2. The quantitative estimate of drug-likeness (QED) is 0.850. The topological polar surface area (TPSA) is 12.0 Å². The molecule has 0 radical (unpaired) electrons. The maximum Gasteiger partial charge on any atom is 0.146 e. The van der Waals surface area contributed by atoms with E-state index < -0.39 is 0 Å². The Bertz CT molecular complexity index is 540. The average Bonchev–Trinajstić information content (AvgIpc) is 2.34. The van der Waals surface area contributed by atoms with Crippen LogP contribution >= 0.6 is 15.9 Å². The molecule has 0 saturated heterocycles. The predicted molar refractivity (Wildman–Crippen MR) is 72.5 cm³/mol. The standard InChI is InChI=1S/C14H12BrF2N/c1-9(10-2-5-12(16)6-3-10)18-14-8-11(15)4-7-13(14)17/h2-9,18H,1H3. The van der Waals surface area contributed by atoms with Crippen LogP contribution in [0.5, 0.6) is 0 Å². The minimum atomic E-state index is -0.313. The summed E-state index contributed by atoms with van der Waals surface area (Å²) >= 11 is 3.30. The number of hydrogen-bond acceptors (Lipinski definition) is 1. The Morgan fingerprint density at radius 3 is 2.39 bits per heavy atom. The first-order valence-electron chi connectivity index (χ1n) is 5.53. The maximum atomic E-state index is 13.6. The predicted octanol–water partition coefficient (Wildman–Crippen LogP) is 4.90. The Hall–Kier alpha value is -1.42. The Morgan fingerprint density at radius 2 is 1.72 bits per heavy atom. The number of halogens is 3. The molecule has 1 nitrogen and oxygen atoms in total. The second-order valence-corrected chi connectivity index (χ2v) is 4.96. The summed E-state index contributed by atoms with van der Waals surface area (Å²) in [5.41, 5.74) is 1.32. The molecule has 4 heteroatoms. The smallest absolute Gasteiger partial charge is 0.146 e. The molecule has 94 valence electrons. The van der Waals surface area contributed by atoms with Gasteiger partial charge in [-0.15, -0.1) is 0 Å². The summed E-state index contributed by atoms with van der Waals surface area (Å²) < 4.78 is 27.2. The summed E-state index contributed by atoms with van der Waals surface area (Å²) in [6, 6.07) is 10.8. The second-order valence-electron chi connectivity index (χ2n) is 4.04. The van der Waals surface area contributed by atoms with Gasteiger partial charge in [0.25, 0.3) is 0 Å². The lowest BCUT2D eigenvalue weighted by molar-refractivity contribution is 0.623. The van der Waals surface area contributed by atoms with Gasteiger partial charge in [-0.2, -0.15) is 0 Å². The van der Waals surface area contributed by atoms with Gasteiger partial charge in [0.1, 0.15) is 11.6 Å². The van der Waals surface area contributed by atoms with Crippen LogP contribution in [-0.4, -0.2) is 0 Å². The second kappa shape index (κ2) is 5.48. The van der Waals surface area contributed by atoms with Crippen molar-refractivity contribution < 1.29 is 8.78 Å². The molecule has 0 heterocycles. The molecule has 0 bridgehead atoms. The lowest BCUT2D eigenvalue weighted by atomic mass is 10.1. The van der Waals surface area contributed by atoms with Gasteiger partial charge in [-0.05, 0) is 42.8 Å². The zero-order valence-electron chi connectivity index (χ0n) is 9.75. The first-order valence-corrected chi connectivity index (χ1v) is 6.32. The summed E-state index contributed by atoms with van der Waals surface area (Å²) in [5, 5.41) is 3.06. The van der Waals surface area contributed by atoms with Crippen molar-refractivity contribution in [3.8, 4) is 0 Å². The van der Waals surface area contributed by atoms with Gasteiger partial charge in [0, 0.05) is 10.5 Å². The summed E-state index contributed by atoms with van der Waals surface area (Å²) in [7, 11) is 0. The van der Waals surface area contributed by atoms with Gasteiger partial charge >= 0.3 is 0 Å². The molecule has 2 aromatic rings. The molecular weight excluding hydrogens is 300 g/mol. The SMILES string of the molecule is CC(Nc1cc(Br)ccc1F)c1ccc(F)cc1. The van der Waals surface area contributed by atoms with Crippen LogP contribution in [0.1, 0.15) is 18.5 Å².